The van der Waals surface area contributed by atoms with E-state index in [2.05, 4.69) is 18.3 Å². The third kappa shape index (κ3) is 2.64. The van der Waals surface area contributed by atoms with Gasteiger partial charge in [0.25, 0.3) is 0 Å². The summed E-state index contributed by atoms with van der Waals surface area (Å²) in [5.74, 6) is 0.113. The topological polar surface area (TPSA) is 41.6 Å². The van der Waals surface area contributed by atoms with Crippen molar-refractivity contribution in [1.29, 1.82) is 0 Å². The van der Waals surface area contributed by atoms with E-state index in [1.165, 1.54) is 5.56 Å². The van der Waals surface area contributed by atoms with Crippen LogP contribution in [0, 0.1) is 0 Å². The van der Waals surface area contributed by atoms with Gasteiger partial charge in [0.2, 0.25) is 5.91 Å². The molecule has 1 unspecified atom stereocenters. The largest absolute Gasteiger partial charge is 0.383 e. The zero-order valence-electron chi connectivity index (χ0n) is 11.2. The van der Waals surface area contributed by atoms with Gasteiger partial charge in [0.1, 0.15) is 0 Å². The van der Waals surface area contributed by atoms with E-state index >= 15 is 0 Å². The van der Waals surface area contributed by atoms with Crippen LogP contribution in [0.2, 0.25) is 0 Å². The van der Waals surface area contributed by atoms with E-state index in [0.717, 1.165) is 24.3 Å². The number of methoxy groups -OCH3 is 1. The Balaban J connectivity index is 2.12. The molecule has 1 atom stereocenters. The number of carbonyl (C=O) groups excluding carboxylic acids is 1. The molecule has 18 heavy (non-hydrogen) atoms. The Morgan fingerprint density at radius 2 is 2.33 bits per heavy atom. The quantitative estimate of drug-likeness (QED) is 0.886. The van der Waals surface area contributed by atoms with E-state index in [1.54, 1.807) is 14.0 Å². The second-order valence-corrected chi connectivity index (χ2v) is 4.76. The number of amides is 1. The third-order valence-corrected chi connectivity index (χ3v) is 3.18. The van der Waals surface area contributed by atoms with Crippen LogP contribution in [0.3, 0.4) is 0 Å². The van der Waals surface area contributed by atoms with Crippen LogP contribution in [0.15, 0.2) is 18.2 Å². The second-order valence-electron chi connectivity index (χ2n) is 4.76. The summed E-state index contributed by atoms with van der Waals surface area (Å²) in [4.78, 5) is 13.3. The minimum Gasteiger partial charge on any atom is -0.383 e. The molecule has 0 fully saturated rings. The van der Waals surface area contributed by atoms with Crippen LogP contribution >= 0.6 is 0 Å². The number of fused-ring (bicyclic) bond motifs is 1. The SMILES string of the molecule is COCC(C)Nc1ccc2c(c1)CCN2C(C)=O. The Kier molecular flexibility index (Phi) is 3.87. The second kappa shape index (κ2) is 5.40. The fraction of sp³-hybridized carbons (Fsp3) is 0.500. The molecule has 1 heterocycles. The molecule has 2 rings (SSSR count). The van der Waals surface area contributed by atoms with Gasteiger partial charge in [0, 0.05) is 38.0 Å². The van der Waals surface area contributed by atoms with Gasteiger partial charge in [-0.05, 0) is 37.1 Å². The minimum absolute atomic E-state index is 0.113. The molecular formula is C14H20N2O2. The molecule has 1 aromatic rings. The van der Waals surface area contributed by atoms with E-state index in [0.29, 0.717) is 6.61 Å². The highest BCUT2D eigenvalue weighted by atomic mass is 16.5. The predicted molar refractivity (Wildman–Crippen MR) is 73.1 cm³/mol. The van der Waals surface area contributed by atoms with Gasteiger partial charge in [0.15, 0.2) is 0 Å². The Labute approximate surface area is 108 Å². The first-order chi connectivity index (χ1) is 8.61. The molecule has 0 bridgehead atoms. The summed E-state index contributed by atoms with van der Waals surface area (Å²) < 4.78 is 5.10. The van der Waals surface area contributed by atoms with Crippen molar-refractivity contribution in [2.75, 3.05) is 30.5 Å². The van der Waals surface area contributed by atoms with Crippen molar-refractivity contribution in [2.24, 2.45) is 0 Å². The van der Waals surface area contributed by atoms with Crippen molar-refractivity contribution in [3.05, 3.63) is 23.8 Å². The van der Waals surface area contributed by atoms with Gasteiger partial charge >= 0.3 is 0 Å². The predicted octanol–water partition coefficient (Wildman–Crippen LogP) is 2.04. The Morgan fingerprint density at radius 3 is 3.00 bits per heavy atom. The third-order valence-electron chi connectivity index (χ3n) is 3.18. The number of hydrogen-bond donors (Lipinski definition) is 1. The summed E-state index contributed by atoms with van der Waals surface area (Å²) in [5.41, 5.74) is 3.37. The van der Waals surface area contributed by atoms with E-state index < -0.39 is 0 Å². The van der Waals surface area contributed by atoms with Crippen LogP contribution in [0.5, 0.6) is 0 Å². The highest BCUT2D eigenvalue weighted by Gasteiger charge is 2.22. The maximum absolute atomic E-state index is 11.5. The first kappa shape index (κ1) is 12.9. The van der Waals surface area contributed by atoms with Gasteiger partial charge in [-0.1, -0.05) is 0 Å². The number of benzene rings is 1. The summed E-state index contributed by atoms with van der Waals surface area (Å²) in [7, 11) is 1.70. The zero-order valence-corrected chi connectivity index (χ0v) is 11.2. The van der Waals surface area contributed by atoms with Crippen LogP contribution in [-0.4, -0.2) is 32.2 Å². The van der Waals surface area contributed by atoms with Crippen molar-refractivity contribution >= 4 is 17.3 Å². The maximum Gasteiger partial charge on any atom is 0.223 e. The molecule has 0 saturated heterocycles. The Hall–Kier alpha value is -1.55. The summed E-state index contributed by atoms with van der Waals surface area (Å²) in [6.45, 7) is 5.17. The van der Waals surface area contributed by atoms with Gasteiger partial charge in [-0.2, -0.15) is 0 Å². The lowest BCUT2D eigenvalue weighted by molar-refractivity contribution is -0.116. The Bertz CT molecular complexity index is 445. The molecule has 0 saturated carbocycles. The molecule has 1 aliphatic heterocycles. The van der Waals surface area contributed by atoms with Crippen molar-refractivity contribution in [3.63, 3.8) is 0 Å². The summed E-state index contributed by atoms with van der Waals surface area (Å²) in [6.07, 6.45) is 0.934. The normalized spacial score (nSPS) is 15.4. The first-order valence-corrected chi connectivity index (χ1v) is 6.28. The number of hydrogen-bond acceptors (Lipinski definition) is 3. The van der Waals surface area contributed by atoms with Gasteiger partial charge < -0.3 is 15.0 Å². The average Bonchev–Trinajstić information content (AvgIpc) is 2.72. The number of anilines is 2. The van der Waals surface area contributed by atoms with Crippen LogP contribution in [-0.2, 0) is 16.0 Å². The molecule has 4 heteroatoms. The van der Waals surface area contributed by atoms with Crippen molar-refractivity contribution in [1.82, 2.24) is 0 Å². The van der Waals surface area contributed by atoms with Gasteiger partial charge in [-0.25, -0.2) is 0 Å². The molecule has 98 valence electrons. The summed E-state index contributed by atoms with van der Waals surface area (Å²) >= 11 is 0. The Morgan fingerprint density at radius 1 is 1.56 bits per heavy atom. The van der Waals surface area contributed by atoms with Crippen molar-refractivity contribution < 1.29 is 9.53 Å². The minimum atomic E-state index is 0.113. The highest BCUT2D eigenvalue weighted by Crippen LogP contribution is 2.30. The molecule has 1 N–H and O–H groups in total. The van der Waals surface area contributed by atoms with E-state index in [4.69, 9.17) is 4.74 Å². The maximum atomic E-state index is 11.5. The van der Waals surface area contributed by atoms with Gasteiger partial charge in [0.05, 0.1) is 6.61 Å². The number of nitrogens with one attached hydrogen (secondary N) is 1. The molecule has 0 radical (unpaired) electrons. The smallest absolute Gasteiger partial charge is 0.223 e. The highest BCUT2D eigenvalue weighted by molar-refractivity contribution is 5.94. The molecule has 1 amide bonds. The lowest BCUT2D eigenvalue weighted by Crippen LogP contribution is -2.25. The molecule has 0 spiro atoms. The van der Waals surface area contributed by atoms with Gasteiger partial charge in [-0.3, -0.25) is 4.79 Å². The fourth-order valence-electron chi connectivity index (χ4n) is 2.39. The number of ether oxygens (including phenoxy) is 1. The summed E-state index contributed by atoms with van der Waals surface area (Å²) in [6, 6.07) is 6.45. The monoisotopic (exact) mass is 248 g/mol. The fourth-order valence-corrected chi connectivity index (χ4v) is 2.39. The molecule has 0 aromatic heterocycles. The van der Waals surface area contributed by atoms with E-state index in [-0.39, 0.29) is 11.9 Å². The van der Waals surface area contributed by atoms with E-state index in [9.17, 15) is 4.79 Å². The van der Waals surface area contributed by atoms with Crippen LogP contribution in [0.4, 0.5) is 11.4 Å². The van der Waals surface area contributed by atoms with Crippen LogP contribution in [0.25, 0.3) is 0 Å². The van der Waals surface area contributed by atoms with Crippen LogP contribution in [0.1, 0.15) is 19.4 Å². The first-order valence-electron chi connectivity index (χ1n) is 6.28. The molecule has 1 aliphatic rings. The molecule has 4 nitrogen and oxygen atoms in total. The summed E-state index contributed by atoms with van der Waals surface area (Å²) in [5, 5.41) is 3.39. The lowest BCUT2D eigenvalue weighted by atomic mass is 10.1. The lowest BCUT2D eigenvalue weighted by Gasteiger charge is -2.17. The molecule has 0 aliphatic carbocycles. The molecule has 1 aromatic carbocycles. The van der Waals surface area contributed by atoms with E-state index in [1.807, 2.05) is 17.0 Å². The number of rotatable bonds is 4. The standard InChI is InChI=1S/C14H20N2O2/c1-10(9-18-3)15-13-4-5-14-12(8-13)6-7-16(14)11(2)17/h4-5,8,10,15H,6-7,9H2,1-3H3. The van der Waals surface area contributed by atoms with Gasteiger partial charge in [-0.15, -0.1) is 0 Å². The number of nitrogens with zero attached hydrogens (tertiary/aromatic N) is 1. The number of carbonyl (C=O) groups is 1. The van der Waals surface area contributed by atoms with Crippen molar-refractivity contribution in [2.45, 2.75) is 26.3 Å². The van der Waals surface area contributed by atoms with Crippen molar-refractivity contribution in [3.8, 4) is 0 Å². The zero-order chi connectivity index (χ0) is 13.1. The average molecular weight is 248 g/mol. The molecular weight excluding hydrogens is 228 g/mol. The van der Waals surface area contributed by atoms with Crippen LogP contribution < -0.4 is 10.2 Å².